The van der Waals surface area contributed by atoms with E-state index in [2.05, 4.69) is 44.0 Å². The Morgan fingerprint density at radius 2 is 2.12 bits per heavy atom. The van der Waals surface area contributed by atoms with Crippen molar-refractivity contribution >= 4 is 0 Å². The van der Waals surface area contributed by atoms with Gasteiger partial charge in [-0.15, -0.1) is 0 Å². The van der Waals surface area contributed by atoms with Gasteiger partial charge in [-0.3, -0.25) is 5.32 Å². The van der Waals surface area contributed by atoms with E-state index >= 15 is 0 Å². The smallest absolute Gasteiger partial charge is 0.105 e. The first-order valence-corrected chi connectivity index (χ1v) is 6.79. The van der Waals surface area contributed by atoms with Gasteiger partial charge in [0.25, 0.3) is 0 Å². The van der Waals surface area contributed by atoms with Gasteiger partial charge in [0.15, 0.2) is 0 Å². The molecular weight excluding hydrogens is 210 g/mol. The van der Waals surface area contributed by atoms with Crippen LogP contribution >= 0.6 is 0 Å². The van der Waals surface area contributed by atoms with E-state index < -0.39 is 0 Å². The summed E-state index contributed by atoms with van der Waals surface area (Å²) in [4.78, 5) is 2.52. The summed E-state index contributed by atoms with van der Waals surface area (Å²) in [7, 11) is 0. The van der Waals surface area contributed by atoms with Crippen LogP contribution in [0.4, 0.5) is 0 Å². The van der Waals surface area contributed by atoms with E-state index in [1.165, 1.54) is 13.0 Å². The molecule has 98 valence electrons. The van der Waals surface area contributed by atoms with Crippen molar-refractivity contribution in [3.05, 3.63) is 0 Å². The van der Waals surface area contributed by atoms with Gasteiger partial charge in [0, 0.05) is 25.2 Å². The molecule has 1 heterocycles. The Labute approximate surface area is 106 Å². The maximum atomic E-state index is 9.29. The molecule has 0 aromatic heterocycles. The van der Waals surface area contributed by atoms with Gasteiger partial charge < -0.3 is 4.90 Å². The fraction of sp³-hybridized carbons (Fsp3) is 0.929. The topological polar surface area (TPSA) is 39.1 Å². The molecule has 1 fully saturated rings. The van der Waals surface area contributed by atoms with Gasteiger partial charge in [-0.1, -0.05) is 6.92 Å². The summed E-state index contributed by atoms with van der Waals surface area (Å²) in [6.07, 6.45) is 2.19. The van der Waals surface area contributed by atoms with Gasteiger partial charge in [0.05, 0.1) is 6.07 Å². The molecule has 3 unspecified atom stereocenters. The average molecular weight is 237 g/mol. The van der Waals surface area contributed by atoms with Crippen molar-refractivity contribution in [2.24, 2.45) is 5.92 Å². The molecule has 0 amide bonds. The molecule has 0 radical (unpaired) electrons. The second-order valence-corrected chi connectivity index (χ2v) is 6.18. The van der Waals surface area contributed by atoms with Crippen LogP contribution in [0.1, 0.15) is 47.5 Å². The fourth-order valence-corrected chi connectivity index (χ4v) is 2.86. The van der Waals surface area contributed by atoms with Gasteiger partial charge in [0.2, 0.25) is 0 Å². The van der Waals surface area contributed by atoms with E-state index in [0.29, 0.717) is 12.1 Å². The molecule has 1 rings (SSSR count). The standard InChI is InChI=1S/C14H27N3/c1-11(2)16-14(5,10-15)6-7-17-9-12(3)8-13(17)4/h11-13,16H,6-9H2,1-5H3. The van der Waals surface area contributed by atoms with Crippen molar-refractivity contribution in [2.75, 3.05) is 13.1 Å². The number of nitrogens with one attached hydrogen (secondary N) is 1. The highest BCUT2D eigenvalue weighted by atomic mass is 15.2. The molecule has 0 aromatic carbocycles. The van der Waals surface area contributed by atoms with E-state index in [-0.39, 0.29) is 5.54 Å². The Balaban J connectivity index is 2.45. The lowest BCUT2D eigenvalue weighted by molar-refractivity contribution is 0.233. The van der Waals surface area contributed by atoms with E-state index in [1.807, 2.05) is 6.92 Å². The predicted octanol–water partition coefficient (Wildman–Crippen LogP) is 2.39. The molecule has 0 bridgehead atoms. The number of hydrogen-bond donors (Lipinski definition) is 1. The van der Waals surface area contributed by atoms with Crippen LogP contribution in [-0.2, 0) is 0 Å². The van der Waals surface area contributed by atoms with Crippen LogP contribution in [0.5, 0.6) is 0 Å². The van der Waals surface area contributed by atoms with Crippen molar-refractivity contribution in [1.29, 1.82) is 5.26 Å². The number of nitriles is 1. The lowest BCUT2D eigenvalue weighted by Gasteiger charge is -2.29. The van der Waals surface area contributed by atoms with Crippen molar-refractivity contribution in [1.82, 2.24) is 10.2 Å². The van der Waals surface area contributed by atoms with Crippen LogP contribution in [-0.4, -0.2) is 35.6 Å². The molecule has 3 nitrogen and oxygen atoms in total. The van der Waals surface area contributed by atoms with Crippen molar-refractivity contribution < 1.29 is 0 Å². The Morgan fingerprint density at radius 1 is 1.47 bits per heavy atom. The van der Waals surface area contributed by atoms with Crippen molar-refractivity contribution in [3.63, 3.8) is 0 Å². The highest BCUT2D eigenvalue weighted by Crippen LogP contribution is 2.23. The maximum absolute atomic E-state index is 9.29. The highest BCUT2D eigenvalue weighted by molar-refractivity contribution is 5.05. The Bertz CT molecular complexity index is 282. The molecule has 1 aliphatic rings. The largest absolute Gasteiger partial charge is 0.300 e. The minimum Gasteiger partial charge on any atom is -0.300 e. The molecule has 1 N–H and O–H groups in total. The Kier molecular flexibility index (Phi) is 4.97. The van der Waals surface area contributed by atoms with Gasteiger partial charge in [-0.2, -0.15) is 5.26 Å². The average Bonchev–Trinajstić information content (AvgIpc) is 2.53. The molecule has 3 atom stereocenters. The van der Waals surface area contributed by atoms with Crippen LogP contribution in [0.3, 0.4) is 0 Å². The molecule has 0 spiro atoms. The maximum Gasteiger partial charge on any atom is 0.105 e. The Hall–Kier alpha value is -0.590. The summed E-state index contributed by atoms with van der Waals surface area (Å²) >= 11 is 0. The fourth-order valence-electron chi connectivity index (χ4n) is 2.86. The summed E-state index contributed by atoms with van der Waals surface area (Å²) in [6, 6.07) is 3.45. The molecule has 0 saturated carbocycles. The van der Waals surface area contributed by atoms with Gasteiger partial charge in [0.1, 0.15) is 5.54 Å². The molecule has 3 heteroatoms. The number of likely N-dealkylation sites (tertiary alicyclic amines) is 1. The minimum absolute atomic E-state index is 0.356. The summed E-state index contributed by atoms with van der Waals surface area (Å²) in [5, 5.41) is 12.7. The highest BCUT2D eigenvalue weighted by Gasteiger charge is 2.30. The lowest BCUT2D eigenvalue weighted by Crippen LogP contribution is -2.47. The third-order valence-electron chi connectivity index (χ3n) is 3.67. The van der Waals surface area contributed by atoms with E-state index in [0.717, 1.165) is 18.9 Å². The molecule has 17 heavy (non-hydrogen) atoms. The quantitative estimate of drug-likeness (QED) is 0.798. The van der Waals surface area contributed by atoms with Crippen molar-refractivity contribution in [2.45, 2.75) is 65.1 Å². The van der Waals surface area contributed by atoms with E-state index in [1.54, 1.807) is 0 Å². The first kappa shape index (κ1) is 14.5. The molecule has 1 aliphatic heterocycles. The van der Waals surface area contributed by atoms with Crippen LogP contribution < -0.4 is 5.32 Å². The van der Waals surface area contributed by atoms with Crippen LogP contribution in [0.15, 0.2) is 0 Å². The van der Waals surface area contributed by atoms with Crippen LogP contribution in [0.2, 0.25) is 0 Å². The van der Waals surface area contributed by atoms with Gasteiger partial charge >= 0.3 is 0 Å². The Morgan fingerprint density at radius 3 is 2.53 bits per heavy atom. The first-order chi connectivity index (χ1) is 7.86. The molecular formula is C14H27N3. The van der Waals surface area contributed by atoms with Crippen LogP contribution in [0, 0.1) is 17.2 Å². The van der Waals surface area contributed by atoms with E-state index in [9.17, 15) is 5.26 Å². The predicted molar refractivity (Wildman–Crippen MR) is 71.7 cm³/mol. The molecule has 0 aromatic rings. The zero-order chi connectivity index (χ0) is 13.1. The normalized spacial score (nSPS) is 29.2. The van der Waals surface area contributed by atoms with Gasteiger partial charge in [-0.25, -0.2) is 0 Å². The number of nitrogens with zero attached hydrogens (tertiary/aromatic N) is 2. The lowest BCUT2D eigenvalue weighted by atomic mass is 9.98. The summed E-state index contributed by atoms with van der Waals surface area (Å²) in [6.45, 7) is 13.0. The van der Waals surface area contributed by atoms with Crippen LogP contribution in [0.25, 0.3) is 0 Å². The SMILES string of the molecule is CC1CC(C)N(CCC(C)(C#N)NC(C)C)C1. The second-order valence-electron chi connectivity index (χ2n) is 6.18. The van der Waals surface area contributed by atoms with Crippen molar-refractivity contribution in [3.8, 4) is 6.07 Å². The zero-order valence-corrected chi connectivity index (χ0v) is 12.0. The molecule has 1 saturated heterocycles. The second kappa shape index (κ2) is 5.84. The summed E-state index contributed by atoms with van der Waals surface area (Å²) in [5.41, 5.74) is -0.389. The minimum atomic E-state index is -0.389. The van der Waals surface area contributed by atoms with Gasteiger partial charge in [-0.05, 0) is 46.5 Å². The third kappa shape index (κ3) is 4.29. The molecule has 0 aliphatic carbocycles. The first-order valence-electron chi connectivity index (χ1n) is 6.79. The third-order valence-corrected chi connectivity index (χ3v) is 3.67. The number of hydrogen-bond acceptors (Lipinski definition) is 3. The summed E-state index contributed by atoms with van der Waals surface area (Å²) < 4.78 is 0. The zero-order valence-electron chi connectivity index (χ0n) is 12.0. The number of rotatable bonds is 5. The van der Waals surface area contributed by atoms with E-state index in [4.69, 9.17) is 0 Å². The monoisotopic (exact) mass is 237 g/mol. The summed E-state index contributed by atoms with van der Waals surface area (Å²) in [5.74, 6) is 0.802.